The number of likely N-dealkylation sites (N-methyl/N-ethyl adjacent to an activating group) is 1. The first-order chi connectivity index (χ1) is 17.2. The van der Waals surface area contributed by atoms with Crippen molar-refractivity contribution < 1.29 is 19.2 Å². The van der Waals surface area contributed by atoms with Crippen LogP contribution in [0.4, 0.5) is 0 Å². The van der Waals surface area contributed by atoms with Crippen LogP contribution in [-0.4, -0.2) is 53.1 Å². The largest absolute Gasteiger partial charge is 0.350 e. The summed E-state index contributed by atoms with van der Waals surface area (Å²) in [5.41, 5.74) is 0.811. The molecule has 36 heavy (non-hydrogen) atoms. The minimum Gasteiger partial charge on any atom is -0.350 e. The van der Waals surface area contributed by atoms with E-state index in [-0.39, 0.29) is 18.2 Å². The Morgan fingerprint density at radius 2 is 1.78 bits per heavy atom. The average Bonchev–Trinajstić information content (AvgIpc) is 3.35. The van der Waals surface area contributed by atoms with Crippen molar-refractivity contribution >= 4 is 51.2 Å². The Labute approximate surface area is 227 Å². The third kappa shape index (κ3) is 11.0. The van der Waals surface area contributed by atoms with Crippen molar-refractivity contribution in [1.29, 1.82) is 0 Å². The maximum absolute atomic E-state index is 13.2. The molecule has 1 aliphatic heterocycles. The molecule has 1 unspecified atom stereocenters. The van der Waals surface area contributed by atoms with Crippen LogP contribution in [0.3, 0.4) is 0 Å². The van der Waals surface area contributed by atoms with Crippen molar-refractivity contribution in [3.8, 4) is 0 Å². The number of hydrogen-bond acceptors (Lipinski definition) is 5. The normalized spacial score (nSPS) is 16.9. The van der Waals surface area contributed by atoms with Crippen molar-refractivity contribution in [3.63, 3.8) is 0 Å². The lowest BCUT2D eigenvalue weighted by molar-refractivity contribution is -0.140. The maximum atomic E-state index is 13.2. The van der Waals surface area contributed by atoms with E-state index in [1.165, 1.54) is 18.6 Å². The van der Waals surface area contributed by atoms with Crippen molar-refractivity contribution in [1.82, 2.24) is 16.0 Å². The van der Waals surface area contributed by atoms with Crippen LogP contribution in [0.2, 0.25) is 0 Å². The van der Waals surface area contributed by atoms with Crippen LogP contribution >= 0.6 is 27.7 Å². The second-order valence-electron chi connectivity index (χ2n) is 9.75. The summed E-state index contributed by atoms with van der Waals surface area (Å²) in [4.78, 5) is 51.0. The zero-order valence-corrected chi connectivity index (χ0v) is 24.0. The SMILES string of the molecule is CCNC(=O)C(=O)[C@H](Cc1ccc(Br)cc1)NC(=O)[C@H](CC(C)C)NC(=O)CCCCC1CCCS1. The van der Waals surface area contributed by atoms with E-state index in [9.17, 15) is 19.2 Å². The van der Waals surface area contributed by atoms with Crippen molar-refractivity contribution in [3.05, 3.63) is 34.3 Å². The van der Waals surface area contributed by atoms with Gasteiger partial charge in [0.1, 0.15) is 12.1 Å². The van der Waals surface area contributed by atoms with Crippen LogP contribution in [0.15, 0.2) is 28.7 Å². The first-order valence-electron chi connectivity index (χ1n) is 13.0. The zero-order valence-electron chi connectivity index (χ0n) is 21.6. The molecule has 2 rings (SSSR count). The first kappa shape index (κ1) is 30.4. The van der Waals surface area contributed by atoms with Gasteiger partial charge in [0.15, 0.2) is 0 Å². The fraction of sp³-hybridized carbons (Fsp3) is 0.630. The minimum absolute atomic E-state index is 0.157. The van der Waals surface area contributed by atoms with Gasteiger partial charge in [0, 0.05) is 29.1 Å². The monoisotopic (exact) mass is 581 g/mol. The number of ketones is 1. The molecule has 0 aromatic heterocycles. The van der Waals surface area contributed by atoms with E-state index in [4.69, 9.17) is 0 Å². The highest BCUT2D eigenvalue weighted by Crippen LogP contribution is 2.30. The summed E-state index contributed by atoms with van der Waals surface area (Å²) in [7, 11) is 0. The quantitative estimate of drug-likeness (QED) is 0.213. The van der Waals surface area contributed by atoms with Gasteiger partial charge in [0.05, 0.1) is 0 Å². The highest BCUT2D eigenvalue weighted by Gasteiger charge is 2.30. The molecule has 1 aromatic carbocycles. The molecule has 1 saturated heterocycles. The molecule has 0 aliphatic carbocycles. The second-order valence-corrected chi connectivity index (χ2v) is 12.1. The van der Waals surface area contributed by atoms with Crippen LogP contribution in [0.25, 0.3) is 0 Å². The topological polar surface area (TPSA) is 104 Å². The van der Waals surface area contributed by atoms with Gasteiger partial charge in [-0.25, -0.2) is 0 Å². The summed E-state index contributed by atoms with van der Waals surface area (Å²) in [5, 5.41) is 8.87. The molecular weight excluding hydrogens is 542 g/mol. The number of thioether (sulfide) groups is 1. The zero-order chi connectivity index (χ0) is 26.5. The summed E-state index contributed by atoms with van der Waals surface area (Å²) in [5.74, 6) is -0.641. The van der Waals surface area contributed by atoms with Crippen molar-refractivity contribution in [2.45, 2.75) is 89.5 Å². The number of hydrogen-bond donors (Lipinski definition) is 3. The summed E-state index contributed by atoms with van der Waals surface area (Å²) in [6.45, 7) is 6.00. The molecule has 1 aromatic rings. The van der Waals surface area contributed by atoms with E-state index in [2.05, 4.69) is 31.9 Å². The highest BCUT2D eigenvalue weighted by molar-refractivity contribution is 9.10. The van der Waals surface area contributed by atoms with Gasteiger partial charge in [-0.05, 0) is 68.4 Å². The molecule has 0 radical (unpaired) electrons. The fourth-order valence-corrected chi connectivity index (χ4v) is 5.84. The minimum atomic E-state index is -1.03. The maximum Gasteiger partial charge on any atom is 0.289 e. The molecule has 7 nitrogen and oxygen atoms in total. The lowest BCUT2D eigenvalue weighted by atomic mass is 9.99. The molecule has 1 heterocycles. The van der Waals surface area contributed by atoms with Crippen molar-refractivity contribution in [2.24, 2.45) is 5.92 Å². The van der Waals surface area contributed by atoms with Crippen LogP contribution < -0.4 is 16.0 Å². The number of nitrogens with one attached hydrogen (secondary N) is 3. The molecular formula is C27H40BrN3O4S. The van der Waals surface area contributed by atoms with E-state index in [0.717, 1.165) is 34.5 Å². The molecule has 9 heteroatoms. The van der Waals surface area contributed by atoms with E-state index in [1.54, 1.807) is 6.92 Å². The predicted octanol–water partition coefficient (Wildman–Crippen LogP) is 4.17. The number of rotatable bonds is 15. The number of amides is 3. The number of unbranched alkanes of at least 4 members (excludes halogenated alkanes) is 1. The Bertz CT molecular complexity index is 872. The van der Waals surface area contributed by atoms with E-state index in [1.807, 2.05) is 49.9 Å². The first-order valence-corrected chi connectivity index (χ1v) is 14.8. The molecule has 1 fully saturated rings. The number of carbonyl (C=O) groups excluding carboxylic acids is 4. The second kappa shape index (κ2) is 16.1. The molecule has 3 amide bonds. The fourth-order valence-electron chi connectivity index (χ4n) is 4.24. The number of benzene rings is 1. The van der Waals surface area contributed by atoms with Gasteiger partial charge >= 0.3 is 0 Å². The lowest BCUT2D eigenvalue weighted by Crippen LogP contribution is -2.54. The molecule has 3 N–H and O–H groups in total. The van der Waals surface area contributed by atoms with Crippen LogP contribution in [0, 0.1) is 5.92 Å². The summed E-state index contributed by atoms with van der Waals surface area (Å²) < 4.78 is 0.892. The summed E-state index contributed by atoms with van der Waals surface area (Å²) in [6, 6.07) is 5.57. The van der Waals surface area contributed by atoms with Crippen LogP contribution in [0.5, 0.6) is 0 Å². The van der Waals surface area contributed by atoms with Crippen LogP contribution in [-0.2, 0) is 25.6 Å². The molecule has 200 valence electrons. The number of Topliss-reactive ketones (excluding diaryl/α,β-unsaturated/α-hetero) is 1. The average molecular weight is 583 g/mol. The smallest absolute Gasteiger partial charge is 0.289 e. The number of carbonyl (C=O) groups is 4. The number of halogens is 1. The van der Waals surface area contributed by atoms with Gasteiger partial charge < -0.3 is 16.0 Å². The van der Waals surface area contributed by atoms with E-state index in [0.29, 0.717) is 19.4 Å². The molecule has 1 aliphatic rings. The summed E-state index contributed by atoms with van der Waals surface area (Å²) >= 11 is 5.41. The Hall–Kier alpha value is -1.87. The third-order valence-electron chi connectivity index (χ3n) is 6.11. The Kier molecular flexibility index (Phi) is 13.6. The molecule has 0 spiro atoms. The van der Waals surface area contributed by atoms with E-state index < -0.39 is 29.7 Å². The van der Waals surface area contributed by atoms with Gasteiger partial charge in [-0.2, -0.15) is 11.8 Å². The Morgan fingerprint density at radius 3 is 2.39 bits per heavy atom. The molecule has 0 bridgehead atoms. The van der Waals surface area contributed by atoms with Crippen LogP contribution in [0.1, 0.15) is 71.3 Å². The van der Waals surface area contributed by atoms with Gasteiger partial charge in [-0.3, -0.25) is 19.2 Å². The van der Waals surface area contributed by atoms with Gasteiger partial charge in [0.2, 0.25) is 17.6 Å². The highest BCUT2D eigenvalue weighted by atomic mass is 79.9. The lowest BCUT2D eigenvalue weighted by Gasteiger charge is -2.24. The van der Waals surface area contributed by atoms with Crippen molar-refractivity contribution in [2.75, 3.05) is 12.3 Å². The third-order valence-corrected chi connectivity index (χ3v) is 8.11. The Morgan fingerprint density at radius 1 is 1.06 bits per heavy atom. The molecule has 0 saturated carbocycles. The van der Waals surface area contributed by atoms with Gasteiger partial charge in [-0.15, -0.1) is 0 Å². The predicted molar refractivity (Wildman–Crippen MR) is 149 cm³/mol. The van der Waals surface area contributed by atoms with Gasteiger partial charge in [-0.1, -0.05) is 48.3 Å². The molecule has 3 atom stereocenters. The standard InChI is InChI=1S/C27H40BrN3O4S/c1-4-29-27(35)25(33)22(17-19-11-13-20(28)14-12-19)31-26(34)23(16-18(2)3)30-24(32)10-6-5-8-21-9-7-15-36-21/h11-14,18,21-23H,4-10,15-17H2,1-3H3,(H,29,35)(H,30,32)(H,31,34)/t21?,22-,23-/m0/s1. The van der Waals surface area contributed by atoms with Gasteiger partial charge in [0.25, 0.3) is 5.91 Å². The summed E-state index contributed by atoms with van der Waals surface area (Å²) in [6.07, 6.45) is 6.47. The van der Waals surface area contributed by atoms with E-state index >= 15 is 0 Å². The Balaban J connectivity index is 2.01.